The lowest BCUT2D eigenvalue weighted by Crippen LogP contribution is -2.17. The van der Waals surface area contributed by atoms with Crippen LogP contribution < -0.4 is 10.3 Å². The Kier molecular flexibility index (Phi) is 5.73. The van der Waals surface area contributed by atoms with Crippen LogP contribution in [0.5, 0.6) is 5.75 Å². The largest absolute Gasteiger partial charge is 0.497 e. The summed E-state index contributed by atoms with van der Waals surface area (Å²) in [5.74, 6) is 0.349. The van der Waals surface area contributed by atoms with Crippen molar-refractivity contribution < 1.29 is 14.3 Å². The number of carbonyl (C=O) groups excluding carboxylic acids is 1. The quantitative estimate of drug-likeness (QED) is 0.320. The lowest BCUT2D eigenvalue weighted by atomic mass is 10.0. The average Bonchev–Trinajstić information content (AvgIpc) is 3.32. The second-order valence-corrected chi connectivity index (χ2v) is 8.86. The number of ether oxygens (including phenoxy) is 2. The number of para-hydroxylation sites is 1. The van der Waals surface area contributed by atoms with Crippen molar-refractivity contribution in [3.63, 3.8) is 0 Å². The molecule has 0 N–H and O–H groups in total. The molecule has 5 aromatic rings. The zero-order valence-corrected chi connectivity index (χ0v) is 20.2. The van der Waals surface area contributed by atoms with E-state index in [0.29, 0.717) is 23.3 Å². The van der Waals surface area contributed by atoms with Gasteiger partial charge in [0.15, 0.2) is 0 Å². The molecule has 7 heteroatoms. The monoisotopic (exact) mass is 489 g/mol. The first-order valence-corrected chi connectivity index (χ1v) is 12.0. The van der Waals surface area contributed by atoms with Gasteiger partial charge in [0.1, 0.15) is 18.0 Å². The normalized spacial score (nSPS) is 13.7. The maximum absolute atomic E-state index is 13.5. The summed E-state index contributed by atoms with van der Waals surface area (Å²) in [6.45, 7) is -0.0978. The molecule has 3 aromatic heterocycles. The summed E-state index contributed by atoms with van der Waals surface area (Å²) >= 11 is 0. The molecule has 0 bridgehead atoms. The molecule has 3 heterocycles. The number of aromatic nitrogens is 3. The van der Waals surface area contributed by atoms with Crippen molar-refractivity contribution >= 4 is 34.2 Å². The molecule has 0 spiro atoms. The van der Waals surface area contributed by atoms with Crippen LogP contribution in [0.15, 0.2) is 83.8 Å². The number of esters is 1. The molecule has 37 heavy (non-hydrogen) atoms. The van der Waals surface area contributed by atoms with Gasteiger partial charge in [0.25, 0.3) is 5.56 Å². The third-order valence-electron chi connectivity index (χ3n) is 6.58. The van der Waals surface area contributed by atoms with Crippen LogP contribution in [0.1, 0.15) is 39.3 Å². The number of benzene rings is 2. The Hall–Kier alpha value is -4.78. The number of pyridine rings is 2. The molecule has 0 saturated carbocycles. The number of carbonyl (C=O) groups is 1. The molecular formula is C30H23N3O4. The van der Waals surface area contributed by atoms with Gasteiger partial charge in [0, 0.05) is 17.6 Å². The van der Waals surface area contributed by atoms with E-state index >= 15 is 0 Å². The van der Waals surface area contributed by atoms with E-state index in [0.717, 1.165) is 45.5 Å². The van der Waals surface area contributed by atoms with Gasteiger partial charge in [-0.25, -0.2) is 14.8 Å². The highest BCUT2D eigenvalue weighted by molar-refractivity contribution is 6.07. The van der Waals surface area contributed by atoms with Crippen LogP contribution in [-0.2, 0) is 17.8 Å². The first-order chi connectivity index (χ1) is 18.1. The van der Waals surface area contributed by atoms with E-state index in [1.165, 1.54) is 10.5 Å². The second-order valence-electron chi connectivity index (χ2n) is 8.86. The zero-order chi connectivity index (χ0) is 25.4. The minimum absolute atomic E-state index is 0.0978. The van der Waals surface area contributed by atoms with E-state index in [-0.39, 0.29) is 12.2 Å². The summed E-state index contributed by atoms with van der Waals surface area (Å²) in [5, 5.41) is 0.753. The molecule has 0 saturated heterocycles. The zero-order valence-electron chi connectivity index (χ0n) is 20.2. The van der Waals surface area contributed by atoms with Gasteiger partial charge in [-0.2, -0.15) is 0 Å². The summed E-state index contributed by atoms with van der Waals surface area (Å²) in [7, 11) is 1.64. The van der Waals surface area contributed by atoms with Crippen LogP contribution in [-0.4, -0.2) is 27.4 Å². The van der Waals surface area contributed by atoms with E-state index in [9.17, 15) is 9.59 Å². The molecule has 6 rings (SSSR count). The maximum atomic E-state index is 13.5. The number of hydrogen-bond acceptors (Lipinski definition) is 6. The van der Waals surface area contributed by atoms with Gasteiger partial charge >= 0.3 is 5.97 Å². The highest BCUT2D eigenvalue weighted by Gasteiger charge is 2.27. The third-order valence-corrected chi connectivity index (χ3v) is 6.58. The lowest BCUT2D eigenvalue weighted by molar-refractivity contribution is 0.0469. The smallest absolute Gasteiger partial charge is 0.339 e. The van der Waals surface area contributed by atoms with Gasteiger partial charge in [0.05, 0.1) is 29.6 Å². The van der Waals surface area contributed by atoms with E-state index in [4.69, 9.17) is 14.5 Å². The fraction of sp³-hybridized carbons (Fsp3) is 0.133. The number of nitrogens with zero attached hydrogens (tertiary/aromatic N) is 3. The van der Waals surface area contributed by atoms with Crippen molar-refractivity contribution in [1.29, 1.82) is 0 Å². The Morgan fingerprint density at radius 3 is 2.65 bits per heavy atom. The standard InChI is InChI=1S/C30H23N3O4/c1-36-22-12-9-19(10-13-22)16-20-11-14-24-28(23-6-2-3-7-25(23)32-29(20)24)30(35)37-18-21-17-27(34)33-15-5-4-8-26(33)31-21/h2-10,12-13,15-17H,11,14,18H2,1H3/b20-16+. The summed E-state index contributed by atoms with van der Waals surface area (Å²) in [5.41, 5.74) is 5.76. The predicted octanol–water partition coefficient (Wildman–Crippen LogP) is 5.10. The van der Waals surface area contributed by atoms with E-state index in [2.05, 4.69) is 11.1 Å². The van der Waals surface area contributed by atoms with Crippen molar-refractivity contribution in [1.82, 2.24) is 14.4 Å². The SMILES string of the molecule is COc1ccc(/C=C2\CCc3c2nc2ccccc2c3C(=O)OCc2cc(=O)n3ccccc3n2)cc1. The minimum Gasteiger partial charge on any atom is -0.497 e. The van der Waals surface area contributed by atoms with Crippen molar-refractivity contribution in [3.05, 3.63) is 117 Å². The van der Waals surface area contributed by atoms with Crippen LogP contribution in [0.2, 0.25) is 0 Å². The number of methoxy groups -OCH3 is 1. The lowest BCUT2D eigenvalue weighted by Gasteiger charge is -2.12. The molecule has 1 aliphatic carbocycles. The van der Waals surface area contributed by atoms with Gasteiger partial charge in [0.2, 0.25) is 0 Å². The fourth-order valence-electron chi connectivity index (χ4n) is 4.80. The number of fused-ring (bicyclic) bond motifs is 3. The summed E-state index contributed by atoms with van der Waals surface area (Å²) in [6.07, 6.45) is 5.22. The number of rotatable bonds is 5. The first-order valence-electron chi connectivity index (χ1n) is 12.0. The molecule has 2 aromatic carbocycles. The molecule has 7 nitrogen and oxygen atoms in total. The van der Waals surface area contributed by atoms with E-state index in [1.807, 2.05) is 48.5 Å². The van der Waals surface area contributed by atoms with E-state index in [1.54, 1.807) is 31.5 Å². The van der Waals surface area contributed by atoms with Crippen molar-refractivity contribution in [3.8, 4) is 5.75 Å². The van der Waals surface area contributed by atoms with Crippen molar-refractivity contribution in [2.45, 2.75) is 19.4 Å². The third kappa shape index (κ3) is 4.25. The molecule has 182 valence electrons. The van der Waals surface area contributed by atoms with Crippen LogP contribution in [0.25, 0.3) is 28.2 Å². The topological polar surface area (TPSA) is 82.8 Å². The fourth-order valence-corrected chi connectivity index (χ4v) is 4.80. The summed E-state index contributed by atoms with van der Waals surface area (Å²) in [4.78, 5) is 35.3. The van der Waals surface area contributed by atoms with Gasteiger partial charge in [-0.1, -0.05) is 36.4 Å². The Bertz CT molecular complexity index is 1750. The number of hydrogen-bond donors (Lipinski definition) is 0. The Labute approximate surface area is 212 Å². The highest BCUT2D eigenvalue weighted by atomic mass is 16.5. The Morgan fingerprint density at radius 1 is 1.00 bits per heavy atom. The molecule has 1 aliphatic rings. The van der Waals surface area contributed by atoms with Crippen molar-refractivity contribution in [2.24, 2.45) is 0 Å². The predicted molar refractivity (Wildman–Crippen MR) is 142 cm³/mol. The van der Waals surface area contributed by atoms with Crippen LogP contribution >= 0.6 is 0 Å². The van der Waals surface area contributed by atoms with Crippen LogP contribution in [0.3, 0.4) is 0 Å². The molecule has 0 fully saturated rings. The molecule has 0 radical (unpaired) electrons. The number of allylic oxidation sites excluding steroid dienone is 1. The van der Waals surface area contributed by atoms with Gasteiger partial charge in [-0.15, -0.1) is 0 Å². The van der Waals surface area contributed by atoms with Crippen LogP contribution in [0.4, 0.5) is 0 Å². The minimum atomic E-state index is -0.449. The molecule has 0 atom stereocenters. The highest BCUT2D eigenvalue weighted by Crippen LogP contribution is 2.38. The van der Waals surface area contributed by atoms with Crippen LogP contribution in [0, 0.1) is 0 Å². The second kappa shape index (κ2) is 9.35. The molecule has 0 unspecified atom stereocenters. The first kappa shape index (κ1) is 22.7. The Balaban J connectivity index is 1.36. The molecule has 0 amide bonds. The van der Waals surface area contributed by atoms with Gasteiger partial charge in [-0.3, -0.25) is 9.20 Å². The van der Waals surface area contributed by atoms with E-state index < -0.39 is 5.97 Å². The molecule has 0 aliphatic heterocycles. The summed E-state index contributed by atoms with van der Waals surface area (Å²) < 4.78 is 12.4. The summed E-state index contributed by atoms with van der Waals surface area (Å²) in [6, 6.07) is 22.1. The van der Waals surface area contributed by atoms with Crippen molar-refractivity contribution in [2.75, 3.05) is 7.11 Å². The van der Waals surface area contributed by atoms with Gasteiger partial charge in [-0.05, 0) is 65.9 Å². The maximum Gasteiger partial charge on any atom is 0.339 e. The molecular weight excluding hydrogens is 466 g/mol. The Morgan fingerprint density at radius 2 is 1.81 bits per heavy atom. The van der Waals surface area contributed by atoms with Gasteiger partial charge < -0.3 is 9.47 Å². The average molecular weight is 490 g/mol.